The zero-order valence-electron chi connectivity index (χ0n) is 21.4. The molecule has 200 valence electrons. The SMILES string of the molecule is COc1ccccc1C1CC(c2c(-c3ccccc3)c3cc(Br)ccc3[nH]c2=O)=NN1S(=O)(=O)c1ccccc1. The molecule has 0 saturated heterocycles. The van der Waals surface area contributed by atoms with Crippen LogP contribution in [0.1, 0.15) is 23.6 Å². The number of halogens is 1. The highest BCUT2D eigenvalue weighted by atomic mass is 79.9. The van der Waals surface area contributed by atoms with E-state index in [2.05, 4.69) is 20.9 Å². The van der Waals surface area contributed by atoms with Crippen molar-refractivity contribution >= 4 is 42.6 Å². The molecule has 1 N–H and O–H groups in total. The number of aromatic amines is 1. The molecular formula is C31H24BrN3O4S. The van der Waals surface area contributed by atoms with Gasteiger partial charge < -0.3 is 9.72 Å². The van der Waals surface area contributed by atoms with Gasteiger partial charge in [0.15, 0.2) is 0 Å². The lowest BCUT2D eigenvalue weighted by atomic mass is 9.91. The van der Waals surface area contributed by atoms with Crippen molar-refractivity contribution in [3.8, 4) is 16.9 Å². The number of nitrogens with one attached hydrogen (secondary N) is 1. The van der Waals surface area contributed by atoms with Gasteiger partial charge in [0.25, 0.3) is 15.6 Å². The van der Waals surface area contributed by atoms with E-state index in [0.717, 1.165) is 19.8 Å². The van der Waals surface area contributed by atoms with Crippen LogP contribution in [-0.2, 0) is 10.0 Å². The Balaban J connectivity index is 1.62. The van der Waals surface area contributed by atoms with Crippen molar-refractivity contribution in [3.05, 3.63) is 129 Å². The average molecular weight is 615 g/mol. The van der Waals surface area contributed by atoms with E-state index in [9.17, 15) is 13.2 Å². The lowest BCUT2D eigenvalue weighted by Gasteiger charge is -2.24. The highest BCUT2D eigenvalue weighted by Crippen LogP contribution is 2.42. The summed E-state index contributed by atoms with van der Waals surface area (Å²) in [6.07, 6.45) is 0.175. The summed E-state index contributed by atoms with van der Waals surface area (Å²) in [6.45, 7) is 0. The minimum Gasteiger partial charge on any atom is -0.496 e. The Morgan fingerprint density at radius 2 is 1.57 bits per heavy atom. The lowest BCUT2D eigenvalue weighted by Crippen LogP contribution is -2.27. The Labute approximate surface area is 239 Å². The van der Waals surface area contributed by atoms with Crippen LogP contribution in [0.2, 0.25) is 0 Å². The molecule has 2 heterocycles. The van der Waals surface area contributed by atoms with Gasteiger partial charge in [-0.1, -0.05) is 82.7 Å². The van der Waals surface area contributed by atoms with Crippen LogP contribution < -0.4 is 10.3 Å². The quantitative estimate of drug-likeness (QED) is 0.236. The predicted octanol–water partition coefficient (Wildman–Crippen LogP) is 6.51. The maximum Gasteiger partial charge on any atom is 0.279 e. The summed E-state index contributed by atoms with van der Waals surface area (Å²) in [5.41, 5.74) is 3.21. The van der Waals surface area contributed by atoms with Gasteiger partial charge in [-0.3, -0.25) is 4.79 Å². The smallest absolute Gasteiger partial charge is 0.279 e. The molecule has 1 aliphatic rings. The van der Waals surface area contributed by atoms with E-state index in [1.807, 2.05) is 66.7 Å². The van der Waals surface area contributed by atoms with Crippen LogP contribution in [0.3, 0.4) is 0 Å². The van der Waals surface area contributed by atoms with E-state index in [4.69, 9.17) is 9.84 Å². The number of hydrogen-bond acceptors (Lipinski definition) is 5. The Morgan fingerprint density at radius 3 is 2.30 bits per heavy atom. The van der Waals surface area contributed by atoms with Gasteiger partial charge in [0, 0.05) is 32.9 Å². The number of nitrogens with zero attached hydrogens (tertiary/aromatic N) is 2. The third-order valence-corrected chi connectivity index (χ3v) is 9.17. The monoisotopic (exact) mass is 613 g/mol. The van der Waals surface area contributed by atoms with E-state index in [0.29, 0.717) is 33.7 Å². The molecule has 1 aromatic heterocycles. The van der Waals surface area contributed by atoms with Crippen LogP contribution in [0.4, 0.5) is 0 Å². The fourth-order valence-corrected chi connectivity index (χ4v) is 6.99. The molecule has 0 radical (unpaired) electrons. The van der Waals surface area contributed by atoms with Crippen LogP contribution in [-0.4, -0.2) is 30.6 Å². The van der Waals surface area contributed by atoms with Gasteiger partial charge in [-0.25, -0.2) is 0 Å². The van der Waals surface area contributed by atoms with Gasteiger partial charge in [0.05, 0.1) is 29.3 Å². The standard InChI is InChI=1S/C31H24BrN3O4S/c1-39-28-15-9-8-14-23(28)27-19-26(34-35(27)40(37,38)22-12-6-3-7-13-22)30-29(20-10-4-2-5-11-20)24-18-21(32)16-17-25(24)33-31(30)36/h2-18,27H,19H2,1H3,(H,33,36). The molecule has 5 aromatic rings. The summed E-state index contributed by atoms with van der Waals surface area (Å²) in [6, 6.07) is 30.0. The second-order valence-corrected chi connectivity index (χ2v) is 12.1. The Kier molecular flexibility index (Phi) is 6.77. The second kappa shape index (κ2) is 10.4. The summed E-state index contributed by atoms with van der Waals surface area (Å²) in [7, 11) is -2.52. The molecule has 0 fully saturated rings. The van der Waals surface area contributed by atoms with Crippen molar-refractivity contribution < 1.29 is 13.2 Å². The Hall–Kier alpha value is -4.21. The number of methoxy groups -OCH3 is 1. The normalized spacial score (nSPS) is 15.3. The molecule has 9 heteroatoms. The van der Waals surface area contributed by atoms with Crippen molar-refractivity contribution in [2.24, 2.45) is 5.10 Å². The molecule has 6 rings (SSSR count). The number of H-pyrrole nitrogens is 1. The topological polar surface area (TPSA) is 91.8 Å². The van der Waals surface area contributed by atoms with Gasteiger partial charge in [-0.15, -0.1) is 0 Å². The largest absolute Gasteiger partial charge is 0.496 e. The first-order chi connectivity index (χ1) is 19.4. The van der Waals surface area contributed by atoms with E-state index in [1.54, 1.807) is 31.4 Å². The maximum atomic E-state index is 14.0. The number of para-hydroxylation sites is 1. The Morgan fingerprint density at radius 1 is 0.900 bits per heavy atom. The van der Waals surface area contributed by atoms with Crippen LogP contribution in [0, 0.1) is 0 Å². The summed E-state index contributed by atoms with van der Waals surface area (Å²) < 4.78 is 35.5. The molecule has 0 aliphatic carbocycles. The highest BCUT2D eigenvalue weighted by molar-refractivity contribution is 9.10. The van der Waals surface area contributed by atoms with Gasteiger partial charge in [0.2, 0.25) is 0 Å². The first kappa shape index (κ1) is 26.0. The van der Waals surface area contributed by atoms with Crippen LogP contribution in [0.25, 0.3) is 22.0 Å². The first-order valence-corrected chi connectivity index (χ1v) is 14.8. The zero-order chi connectivity index (χ0) is 27.9. The van der Waals surface area contributed by atoms with Crippen molar-refractivity contribution in [2.75, 3.05) is 7.11 Å². The summed E-state index contributed by atoms with van der Waals surface area (Å²) in [4.78, 5) is 16.8. The number of fused-ring (bicyclic) bond motifs is 1. The molecule has 1 atom stereocenters. The third kappa shape index (κ3) is 4.51. The third-order valence-electron chi connectivity index (χ3n) is 6.99. The molecule has 0 spiro atoms. The molecule has 40 heavy (non-hydrogen) atoms. The molecule has 0 amide bonds. The van der Waals surface area contributed by atoms with Crippen molar-refractivity contribution in [1.29, 1.82) is 0 Å². The van der Waals surface area contributed by atoms with Crippen LogP contribution in [0.15, 0.2) is 122 Å². The minimum absolute atomic E-state index is 0.111. The number of aromatic nitrogens is 1. The number of hydrazone groups is 1. The van der Waals surface area contributed by atoms with Crippen LogP contribution in [0.5, 0.6) is 5.75 Å². The molecule has 1 unspecified atom stereocenters. The number of hydrogen-bond donors (Lipinski definition) is 1. The van der Waals surface area contributed by atoms with E-state index >= 15 is 0 Å². The predicted molar refractivity (Wildman–Crippen MR) is 160 cm³/mol. The number of rotatable bonds is 6. The lowest BCUT2D eigenvalue weighted by molar-refractivity contribution is 0.350. The number of benzene rings is 4. The van der Waals surface area contributed by atoms with E-state index in [1.165, 1.54) is 12.1 Å². The molecule has 1 aliphatic heterocycles. The minimum atomic E-state index is -4.07. The van der Waals surface area contributed by atoms with Crippen molar-refractivity contribution in [3.63, 3.8) is 0 Å². The van der Waals surface area contributed by atoms with Gasteiger partial charge in [-0.05, 0) is 42.0 Å². The fourth-order valence-electron chi connectivity index (χ4n) is 5.18. The number of ether oxygens (including phenoxy) is 1. The van der Waals surface area contributed by atoms with Crippen LogP contribution >= 0.6 is 15.9 Å². The zero-order valence-corrected chi connectivity index (χ0v) is 23.8. The van der Waals surface area contributed by atoms with Gasteiger partial charge >= 0.3 is 0 Å². The molecule has 0 bridgehead atoms. The first-order valence-electron chi connectivity index (χ1n) is 12.6. The fraction of sp³-hybridized carbons (Fsp3) is 0.0968. The van der Waals surface area contributed by atoms with Gasteiger partial charge in [-0.2, -0.15) is 17.9 Å². The maximum absolute atomic E-state index is 14.0. The van der Waals surface area contributed by atoms with Crippen molar-refractivity contribution in [2.45, 2.75) is 17.4 Å². The van der Waals surface area contributed by atoms with E-state index < -0.39 is 16.1 Å². The highest BCUT2D eigenvalue weighted by Gasteiger charge is 2.40. The average Bonchev–Trinajstić information content (AvgIpc) is 3.43. The molecular weight excluding hydrogens is 590 g/mol. The van der Waals surface area contributed by atoms with Gasteiger partial charge in [0.1, 0.15) is 5.75 Å². The van der Waals surface area contributed by atoms with E-state index in [-0.39, 0.29) is 16.9 Å². The molecule has 7 nitrogen and oxygen atoms in total. The summed E-state index contributed by atoms with van der Waals surface area (Å²) in [5, 5.41) is 5.51. The number of sulfonamides is 1. The summed E-state index contributed by atoms with van der Waals surface area (Å²) in [5.74, 6) is 0.539. The molecule has 4 aromatic carbocycles. The van der Waals surface area contributed by atoms with Crippen molar-refractivity contribution in [1.82, 2.24) is 9.40 Å². The number of pyridine rings is 1. The molecule has 0 saturated carbocycles. The Bertz CT molecular complexity index is 1920. The second-order valence-electron chi connectivity index (χ2n) is 9.36. The summed E-state index contributed by atoms with van der Waals surface area (Å²) >= 11 is 3.56.